The van der Waals surface area contributed by atoms with Crippen LogP contribution in [-0.2, 0) is 7.05 Å². The van der Waals surface area contributed by atoms with Gasteiger partial charge in [-0.25, -0.2) is 4.98 Å². The molecule has 0 radical (unpaired) electrons. The number of carbonyl (C=O) groups is 1. The molecule has 0 spiro atoms. The molecule has 1 saturated heterocycles. The molecule has 4 nitrogen and oxygen atoms in total. The van der Waals surface area contributed by atoms with E-state index in [4.69, 9.17) is 0 Å². The number of aryl methyl sites for hydroxylation is 2. The van der Waals surface area contributed by atoms with Crippen molar-refractivity contribution in [1.82, 2.24) is 14.5 Å². The van der Waals surface area contributed by atoms with E-state index in [-0.39, 0.29) is 5.78 Å². The zero-order valence-corrected chi connectivity index (χ0v) is 13.1. The lowest BCUT2D eigenvalue weighted by atomic mass is 9.90. The van der Waals surface area contributed by atoms with E-state index in [2.05, 4.69) is 16.9 Å². The monoisotopic (exact) mass is 285 g/mol. The molecular formula is C17H23N3O. The smallest absolute Gasteiger partial charge is 0.163 e. The predicted molar refractivity (Wildman–Crippen MR) is 84.6 cm³/mol. The number of piperidine rings is 1. The number of imidazole rings is 1. The van der Waals surface area contributed by atoms with E-state index in [1.54, 1.807) is 0 Å². The van der Waals surface area contributed by atoms with Gasteiger partial charge < -0.3 is 9.47 Å². The third-order valence-corrected chi connectivity index (χ3v) is 4.74. The van der Waals surface area contributed by atoms with E-state index < -0.39 is 0 Å². The van der Waals surface area contributed by atoms with Gasteiger partial charge in [0.25, 0.3) is 0 Å². The van der Waals surface area contributed by atoms with E-state index in [9.17, 15) is 4.79 Å². The number of ketones is 1. The van der Waals surface area contributed by atoms with Crippen LogP contribution in [0.4, 0.5) is 0 Å². The first kappa shape index (κ1) is 14.3. The second-order valence-electron chi connectivity index (χ2n) is 6.30. The highest BCUT2D eigenvalue weighted by Crippen LogP contribution is 2.23. The molecule has 0 saturated carbocycles. The Morgan fingerprint density at radius 3 is 2.71 bits per heavy atom. The zero-order valence-electron chi connectivity index (χ0n) is 13.1. The van der Waals surface area contributed by atoms with Gasteiger partial charge in [0.1, 0.15) is 5.82 Å². The van der Waals surface area contributed by atoms with E-state index in [0.29, 0.717) is 12.3 Å². The Morgan fingerprint density at radius 1 is 1.29 bits per heavy atom. The standard InChI is InChI=1S/C17H23N3O/c1-12-18-15-5-4-14(11-16(15)20(12)3)17(21)10-13-6-8-19(2)9-7-13/h4-5,11,13H,6-10H2,1-3H3. The molecule has 21 heavy (non-hydrogen) atoms. The average Bonchev–Trinajstić information content (AvgIpc) is 2.76. The van der Waals surface area contributed by atoms with Gasteiger partial charge >= 0.3 is 0 Å². The summed E-state index contributed by atoms with van der Waals surface area (Å²) in [6.07, 6.45) is 2.95. The van der Waals surface area contributed by atoms with Crippen LogP contribution in [0.15, 0.2) is 18.2 Å². The van der Waals surface area contributed by atoms with Crippen LogP contribution in [0.2, 0.25) is 0 Å². The molecule has 1 fully saturated rings. The first-order chi connectivity index (χ1) is 10.0. The maximum absolute atomic E-state index is 12.5. The Hall–Kier alpha value is -1.68. The minimum Gasteiger partial charge on any atom is -0.331 e. The van der Waals surface area contributed by atoms with Crippen molar-refractivity contribution < 1.29 is 4.79 Å². The van der Waals surface area contributed by atoms with Gasteiger partial charge in [-0.05, 0) is 64.0 Å². The molecule has 2 heterocycles. The quantitative estimate of drug-likeness (QED) is 0.814. The SMILES string of the molecule is Cc1nc2ccc(C(=O)CC3CCN(C)CC3)cc2n1C. The van der Waals surface area contributed by atoms with Gasteiger partial charge in [-0.3, -0.25) is 4.79 Å². The van der Waals surface area contributed by atoms with Crippen molar-refractivity contribution in [2.24, 2.45) is 13.0 Å². The van der Waals surface area contributed by atoms with E-state index >= 15 is 0 Å². The highest BCUT2D eigenvalue weighted by Gasteiger charge is 2.20. The first-order valence-electron chi connectivity index (χ1n) is 7.69. The summed E-state index contributed by atoms with van der Waals surface area (Å²) in [7, 11) is 4.15. The molecule has 1 aromatic heterocycles. The van der Waals surface area contributed by atoms with Gasteiger partial charge in [-0.1, -0.05) is 0 Å². The van der Waals surface area contributed by atoms with Crippen LogP contribution >= 0.6 is 0 Å². The molecule has 0 atom stereocenters. The number of hydrogen-bond donors (Lipinski definition) is 0. The average molecular weight is 285 g/mol. The number of fused-ring (bicyclic) bond motifs is 1. The fourth-order valence-corrected chi connectivity index (χ4v) is 3.13. The molecular weight excluding hydrogens is 262 g/mol. The largest absolute Gasteiger partial charge is 0.331 e. The lowest BCUT2D eigenvalue weighted by Crippen LogP contribution is -2.31. The van der Waals surface area contributed by atoms with Crippen molar-refractivity contribution in [2.45, 2.75) is 26.2 Å². The summed E-state index contributed by atoms with van der Waals surface area (Å²) in [5.74, 6) is 1.79. The van der Waals surface area contributed by atoms with Crippen molar-refractivity contribution in [3.05, 3.63) is 29.6 Å². The molecule has 0 unspecified atom stereocenters. The molecule has 112 valence electrons. The summed E-state index contributed by atoms with van der Waals surface area (Å²) in [6, 6.07) is 5.88. The van der Waals surface area contributed by atoms with Crippen molar-refractivity contribution in [1.29, 1.82) is 0 Å². The van der Waals surface area contributed by atoms with Gasteiger partial charge in [0, 0.05) is 19.0 Å². The summed E-state index contributed by atoms with van der Waals surface area (Å²) < 4.78 is 2.04. The summed E-state index contributed by atoms with van der Waals surface area (Å²) in [5, 5.41) is 0. The number of aromatic nitrogens is 2. The molecule has 0 bridgehead atoms. The first-order valence-corrected chi connectivity index (χ1v) is 7.69. The number of nitrogens with zero attached hydrogens (tertiary/aromatic N) is 3. The van der Waals surface area contributed by atoms with Crippen LogP contribution < -0.4 is 0 Å². The Balaban J connectivity index is 1.76. The third-order valence-electron chi connectivity index (χ3n) is 4.74. The molecule has 4 heteroatoms. The molecule has 1 aliphatic rings. The Morgan fingerprint density at radius 2 is 2.00 bits per heavy atom. The number of rotatable bonds is 3. The maximum Gasteiger partial charge on any atom is 0.163 e. The Bertz CT molecular complexity index is 666. The van der Waals surface area contributed by atoms with Crippen molar-refractivity contribution in [2.75, 3.05) is 20.1 Å². The summed E-state index contributed by atoms with van der Waals surface area (Å²) in [4.78, 5) is 19.3. The highest BCUT2D eigenvalue weighted by molar-refractivity contribution is 5.99. The van der Waals surface area contributed by atoms with Crippen molar-refractivity contribution >= 4 is 16.8 Å². The van der Waals surface area contributed by atoms with Gasteiger partial charge in [0.05, 0.1) is 11.0 Å². The van der Waals surface area contributed by atoms with Gasteiger partial charge in [0.2, 0.25) is 0 Å². The second-order valence-corrected chi connectivity index (χ2v) is 6.30. The van der Waals surface area contributed by atoms with Crippen molar-refractivity contribution in [3.8, 4) is 0 Å². The number of carbonyl (C=O) groups excluding carboxylic acids is 1. The van der Waals surface area contributed by atoms with Crippen LogP contribution in [0.25, 0.3) is 11.0 Å². The lowest BCUT2D eigenvalue weighted by molar-refractivity contribution is 0.0936. The lowest BCUT2D eigenvalue weighted by Gasteiger charge is -2.28. The maximum atomic E-state index is 12.5. The molecule has 2 aromatic rings. The minimum absolute atomic E-state index is 0.269. The predicted octanol–water partition coefficient (Wildman–Crippen LogP) is 2.80. The molecule has 0 N–H and O–H groups in total. The molecule has 0 amide bonds. The number of hydrogen-bond acceptors (Lipinski definition) is 3. The fourth-order valence-electron chi connectivity index (χ4n) is 3.13. The van der Waals surface area contributed by atoms with Crippen LogP contribution in [0, 0.1) is 12.8 Å². The van der Waals surface area contributed by atoms with Gasteiger partial charge in [-0.15, -0.1) is 0 Å². The molecule has 1 aromatic carbocycles. The Kier molecular flexibility index (Phi) is 3.81. The van der Waals surface area contributed by atoms with Gasteiger partial charge in [0.15, 0.2) is 5.78 Å². The van der Waals surface area contributed by atoms with E-state index in [1.165, 1.54) is 0 Å². The van der Waals surface area contributed by atoms with E-state index in [0.717, 1.165) is 48.4 Å². The zero-order chi connectivity index (χ0) is 15.0. The van der Waals surface area contributed by atoms with E-state index in [1.807, 2.05) is 36.7 Å². The van der Waals surface area contributed by atoms with Crippen LogP contribution in [0.5, 0.6) is 0 Å². The van der Waals surface area contributed by atoms with Crippen molar-refractivity contribution in [3.63, 3.8) is 0 Å². The third kappa shape index (κ3) is 2.86. The number of benzene rings is 1. The van der Waals surface area contributed by atoms with Gasteiger partial charge in [-0.2, -0.15) is 0 Å². The van der Waals surface area contributed by atoms with Crippen LogP contribution in [-0.4, -0.2) is 40.4 Å². The number of Topliss-reactive ketones (excluding diaryl/α,β-unsaturated/α-hetero) is 1. The van der Waals surface area contributed by atoms with Crippen LogP contribution in [0.1, 0.15) is 35.4 Å². The summed E-state index contributed by atoms with van der Waals surface area (Å²) >= 11 is 0. The minimum atomic E-state index is 0.269. The second kappa shape index (κ2) is 5.60. The summed E-state index contributed by atoms with van der Waals surface area (Å²) in [5.41, 5.74) is 2.83. The molecule has 3 rings (SSSR count). The topological polar surface area (TPSA) is 38.1 Å². The molecule has 1 aliphatic heterocycles. The highest BCUT2D eigenvalue weighted by atomic mass is 16.1. The molecule has 0 aliphatic carbocycles. The fraction of sp³-hybridized carbons (Fsp3) is 0.529. The summed E-state index contributed by atoms with van der Waals surface area (Å²) in [6.45, 7) is 4.20. The van der Waals surface area contributed by atoms with Crippen LogP contribution in [0.3, 0.4) is 0 Å². The Labute approximate surface area is 125 Å². The number of likely N-dealkylation sites (tertiary alicyclic amines) is 1. The normalized spacial score (nSPS) is 17.5.